The molecule has 5 heteroatoms. The van der Waals surface area contributed by atoms with Crippen LogP contribution in [0.1, 0.15) is 43.2 Å². The predicted octanol–water partition coefficient (Wildman–Crippen LogP) is 3.95. The van der Waals surface area contributed by atoms with Gasteiger partial charge in [0, 0.05) is 30.3 Å². The quantitative estimate of drug-likeness (QED) is 0.779. The average Bonchev–Trinajstić information content (AvgIpc) is 3.55. The lowest BCUT2D eigenvalue weighted by molar-refractivity contribution is -0.139. The van der Waals surface area contributed by atoms with Crippen LogP contribution in [-0.2, 0) is 16.6 Å². The van der Waals surface area contributed by atoms with E-state index < -0.39 is 6.10 Å². The number of ether oxygens (including phenoxy) is 2. The van der Waals surface area contributed by atoms with Gasteiger partial charge in [-0.1, -0.05) is 24.3 Å². The van der Waals surface area contributed by atoms with Crippen LogP contribution >= 0.6 is 0 Å². The van der Waals surface area contributed by atoms with Crippen LogP contribution in [0.25, 0.3) is 0 Å². The van der Waals surface area contributed by atoms with Crippen molar-refractivity contribution in [1.82, 2.24) is 4.90 Å². The molecule has 32 heavy (non-hydrogen) atoms. The van der Waals surface area contributed by atoms with Crippen molar-refractivity contribution in [2.75, 3.05) is 25.5 Å². The molecule has 0 radical (unpaired) electrons. The molecule has 5 nitrogen and oxygen atoms in total. The first-order chi connectivity index (χ1) is 15.7. The molecular weight excluding hydrogens is 400 g/mol. The summed E-state index contributed by atoms with van der Waals surface area (Å²) >= 11 is 0. The fourth-order valence-corrected chi connectivity index (χ4v) is 7.49. The summed E-state index contributed by atoms with van der Waals surface area (Å²) in [6, 6.07) is 15.2. The minimum absolute atomic E-state index is 0.231. The fourth-order valence-electron chi connectivity index (χ4n) is 7.49. The van der Waals surface area contributed by atoms with Gasteiger partial charge in [-0.2, -0.15) is 0 Å². The molecule has 4 atom stereocenters. The summed E-state index contributed by atoms with van der Waals surface area (Å²) in [4.78, 5) is 16.1. The van der Waals surface area contributed by atoms with Gasteiger partial charge < -0.3 is 14.8 Å². The number of rotatable bonds is 5. The number of nitrogens with one attached hydrogen (secondary N) is 1. The lowest BCUT2D eigenvalue weighted by Gasteiger charge is -2.65. The maximum atomic E-state index is 13.4. The Kier molecular flexibility index (Phi) is 3.86. The number of para-hydroxylation sites is 1. The maximum Gasteiger partial charge on any atom is 0.174 e. The summed E-state index contributed by atoms with van der Waals surface area (Å²) in [6.07, 6.45) is 5.63. The molecule has 7 rings (SSSR count). The van der Waals surface area contributed by atoms with E-state index in [0.717, 1.165) is 48.9 Å². The Morgan fingerprint density at radius 3 is 2.78 bits per heavy atom. The number of ketones is 1. The number of hydrogen-bond donors (Lipinski definition) is 1. The Hall–Kier alpha value is -2.53. The van der Waals surface area contributed by atoms with Crippen molar-refractivity contribution in [2.24, 2.45) is 5.92 Å². The molecule has 5 aliphatic rings. The molecular formula is C27H30N2O3. The Labute approximate surface area is 189 Å². The molecule has 166 valence electrons. The number of Topliss-reactive ketones (excluding diaryl/α,β-unsaturated/α-hetero) is 1. The third-order valence-electron chi connectivity index (χ3n) is 8.96. The number of methoxy groups -OCH3 is 1. The van der Waals surface area contributed by atoms with E-state index in [4.69, 9.17) is 9.47 Å². The van der Waals surface area contributed by atoms with Gasteiger partial charge in [-0.15, -0.1) is 0 Å². The SMILES string of the molecule is COc1ccc2c3c1OC1C(=O)CCC4(Nc5ccccc5)C(C2)N(CC2CC2)CCC314. The van der Waals surface area contributed by atoms with Gasteiger partial charge in [-0.3, -0.25) is 9.69 Å². The molecule has 1 spiro atoms. The van der Waals surface area contributed by atoms with Gasteiger partial charge in [-0.25, -0.2) is 0 Å². The zero-order chi connectivity index (χ0) is 21.5. The second kappa shape index (κ2) is 6.50. The van der Waals surface area contributed by atoms with Gasteiger partial charge >= 0.3 is 0 Å². The number of anilines is 1. The van der Waals surface area contributed by atoms with Crippen LogP contribution < -0.4 is 14.8 Å². The van der Waals surface area contributed by atoms with Gasteiger partial charge in [-0.05, 0) is 68.3 Å². The molecule has 3 aliphatic carbocycles. The Bertz CT molecular complexity index is 1100. The second-order valence-electron chi connectivity index (χ2n) is 10.4. The minimum atomic E-state index is -0.427. The summed E-state index contributed by atoms with van der Waals surface area (Å²) in [5.41, 5.74) is 3.15. The monoisotopic (exact) mass is 430 g/mol. The topological polar surface area (TPSA) is 50.8 Å². The molecule has 3 fully saturated rings. The number of piperidine rings is 1. The molecule has 4 unspecified atom stereocenters. The number of carbonyl (C=O) groups excluding carboxylic acids is 1. The molecule has 2 bridgehead atoms. The van der Waals surface area contributed by atoms with Crippen molar-refractivity contribution >= 4 is 11.5 Å². The van der Waals surface area contributed by atoms with Gasteiger partial charge in [0.15, 0.2) is 23.4 Å². The van der Waals surface area contributed by atoms with Crippen LogP contribution in [0, 0.1) is 5.92 Å². The van der Waals surface area contributed by atoms with Gasteiger partial charge in [0.25, 0.3) is 0 Å². The van der Waals surface area contributed by atoms with Crippen LogP contribution in [0.2, 0.25) is 0 Å². The van der Waals surface area contributed by atoms with Crippen molar-refractivity contribution in [3.8, 4) is 11.5 Å². The van der Waals surface area contributed by atoms with E-state index in [0.29, 0.717) is 12.5 Å². The third-order valence-corrected chi connectivity index (χ3v) is 8.96. The largest absolute Gasteiger partial charge is 0.493 e. The first-order valence-corrected chi connectivity index (χ1v) is 12.1. The van der Waals surface area contributed by atoms with Crippen LogP contribution in [0.15, 0.2) is 42.5 Å². The summed E-state index contributed by atoms with van der Waals surface area (Å²) < 4.78 is 12.3. The highest BCUT2D eigenvalue weighted by molar-refractivity contribution is 5.90. The van der Waals surface area contributed by atoms with E-state index in [1.54, 1.807) is 7.11 Å². The molecule has 1 N–H and O–H groups in total. The Morgan fingerprint density at radius 2 is 2.00 bits per heavy atom. The Balaban J connectivity index is 1.47. The lowest BCUT2D eigenvalue weighted by atomic mass is 9.47. The molecule has 0 amide bonds. The standard InChI is InChI=1S/C27H30N2O3/c1-31-21-10-9-18-15-22-27(28-19-5-3-2-4-6-19)12-11-20(30)25-26(27,23(18)24(21)32-25)13-14-29(22)16-17-7-8-17/h2-6,9-10,17,22,25,28H,7-8,11-16H2,1H3. The summed E-state index contributed by atoms with van der Waals surface area (Å²) in [5.74, 6) is 2.66. The smallest absolute Gasteiger partial charge is 0.174 e. The van der Waals surface area contributed by atoms with E-state index >= 15 is 0 Å². The van der Waals surface area contributed by atoms with Crippen molar-refractivity contribution in [3.05, 3.63) is 53.6 Å². The lowest BCUT2D eigenvalue weighted by Crippen LogP contribution is -2.79. The molecule has 0 aromatic heterocycles. The summed E-state index contributed by atoms with van der Waals surface area (Å²) in [5, 5.41) is 4.06. The van der Waals surface area contributed by atoms with E-state index in [1.165, 1.54) is 30.5 Å². The van der Waals surface area contributed by atoms with Crippen molar-refractivity contribution in [2.45, 2.75) is 61.6 Å². The summed E-state index contributed by atoms with van der Waals surface area (Å²) in [6.45, 7) is 2.21. The zero-order valence-corrected chi connectivity index (χ0v) is 18.6. The van der Waals surface area contributed by atoms with Crippen LogP contribution in [0.5, 0.6) is 11.5 Å². The van der Waals surface area contributed by atoms with Gasteiger partial charge in [0.1, 0.15) is 0 Å². The molecule has 2 saturated carbocycles. The third kappa shape index (κ3) is 2.30. The van der Waals surface area contributed by atoms with Crippen LogP contribution in [0.3, 0.4) is 0 Å². The highest BCUT2D eigenvalue weighted by Gasteiger charge is 2.73. The average molecular weight is 431 g/mol. The summed E-state index contributed by atoms with van der Waals surface area (Å²) in [7, 11) is 1.70. The highest BCUT2D eigenvalue weighted by Crippen LogP contribution is 2.65. The number of hydrogen-bond acceptors (Lipinski definition) is 5. The maximum absolute atomic E-state index is 13.4. The molecule has 2 aromatic rings. The van der Waals surface area contributed by atoms with E-state index in [9.17, 15) is 4.79 Å². The number of nitrogens with zero attached hydrogens (tertiary/aromatic N) is 1. The number of benzene rings is 2. The molecule has 2 heterocycles. The first kappa shape index (κ1) is 19.0. The first-order valence-electron chi connectivity index (χ1n) is 12.1. The van der Waals surface area contributed by atoms with E-state index in [-0.39, 0.29) is 16.7 Å². The van der Waals surface area contributed by atoms with Crippen LogP contribution in [0.4, 0.5) is 5.69 Å². The van der Waals surface area contributed by atoms with Crippen molar-refractivity contribution in [1.29, 1.82) is 0 Å². The van der Waals surface area contributed by atoms with E-state index in [1.807, 2.05) is 6.07 Å². The number of carbonyl (C=O) groups is 1. The fraction of sp³-hybridized carbons (Fsp3) is 0.519. The van der Waals surface area contributed by atoms with Gasteiger partial charge in [0.05, 0.1) is 18.1 Å². The Morgan fingerprint density at radius 1 is 1.16 bits per heavy atom. The molecule has 2 aliphatic heterocycles. The normalized spacial score (nSPS) is 34.6. The van der Waals surface area contributed by atoms with Crippen LogP contribution in [-0.4, -0.2) is 48.6 Å². The molecule has 1 saturated heterocycles. The zero-order valence-electron chi connectivity index (χ0n) is 18.6. The van der Waals surface area contributed by atoms with E-state index in [2.05, 4.69) is 46.6 Å². The van der Waals surface area contributed by atoms with Crippen molar-refractivity contribution in [3.63, 3.8) is 0 Å². The minimum Gasteiger partial charge on any atom is -0.493 e. The van der Waals surface area contributed by atoms with Gasteiger partial charge in [0.2, 0.25) is 0 Å². The predicted molar refractivity (Wildman–Crippen MR) is 123 cm³/mol. The highest BCUT2D eigenvalue weighted by atomic mass is 16.5. The number of likely N-dealkylation sites (tertiary alicyclic amines) is 1. The van der Waals surface area contributed by atoms with Crippen molar-refractivity contribution < 1.29 is 14.3 Å². The second-order valence-corrected chi connectivity index (χ2v) is 10.4. The molecule has 2 aromatic carbocycles.